The molecule has 0 aromatic heterocycles. The van der Waals surface area contributed by atoms with Crippen LogP contribution in [0, 0.1) is 17.3 Å². The van der Waals surface area contributed by atoms with Gasteiger partial charge in [0.05, 0.1) is 32.0 Å². The van der Waals surface area contributed by atoms with Gasteiger partial charge in [-0.3, -0.25) is 4.84 Å². The lowest BCUT2D eigenvalue weighted by Crippen LogP contribution is -2.62. The van der Waals surface area contributed by atoms with Crippen molar-refractivity contribution in [3.05, 3.63) is 54.1 Å². The van der Waals surface area contributed by atoms with Crippen LogP contribution in [0.1, 0.15) is 45.1 Å². The molecule has 32 heavy (non-hydrogen) atoms. The predicted molar refractivity (Wildman–Crippen MR) is 125 cm³/mol. The van der Waals surface area contributed by atoms with Crippen LogP contribution in [-0.4, -0.2) is 38.1 Å². The summed E-state index contributed by atoms with van der Waals surface area (Å²) in [6, 6.07) is 17.0. The quantitative estimate of drug-likeness (QED) is 0.660. The molecule has 2 bridgehead atoms. The highest BCUT2D eigenvalue weighted by molar-refractivity contribution is 5.52. The van der Waals surface area contributed by atoms with Crippen LogP contribution in [0.3, 0.4) is 0 Å². The lowest BCUT2D eigenvalue weighted by Gasteiger charge is -2.63. The van der Waals surface area contributed by atoms with Gasteiger partial charge in [-0.2, -0.15) is 5.06 Å². The molecule has 7 rings (SSSR count). The van der Waals surface area contributed by atoms with Gasteiger partial charge in [-0.1, -0.05) is 26.0 Å². The molecule has 170 valence electrons. The second kappa shape index (κ2) is 6.88. The molecule has 5 heteroatoms. The van der Waals surface area contributed by atoms with Crippen molar-refractivity contribution in [2.24, 2.45) is 17.3 Å². The van der Waals surface area contributed by atoms with Crippen molar-refractivity contribution >= 4 is 5.69 Å². The van der Waals surface area contributed by atoms with Gasteiger partial charge in [-0.15, -0.1) is 0 Å². The van der Waals surface area contributed by atoms with Crippen molar-refractivity contribution in [1.29, 1.82) is 0 Å². The molecule has 0 unspecified atom stereocenters. The maximum Gasteiger partial charge on any atom is 0.119 e. The summed E-state index contributed by atoms with van der Waals surface area (Å²) in [5, 5.41) is 2.31. The molecule has 2 aromatic carbocycles. The van der Waals surface area contributed by atoms with Crippen molar-refractivity contribution in [3.63, 3.8) is 0 Å². The van der Waals surface area contributed by atoms with E-state index in [9.17, 15) is 0 Å². The Bertz CT molecular complexity index is 1020. The minimum Gasteiger partial charge on any atom is -0.497 e. The Balaban J connectivity index is 1.38. The van der Waals surface area contributed by atoms with Crippen LogP contribution in [0.4, 0.5) is 5.69 Å². The molecule has 1 spiro atoms. The Morgan fingerprint density at radius 2 is 1.78 bits per heavy atom. The monoisotopic (exact) mass is 434 g/mol. The number of hydrogen-bond donors (Lipinski definition) is 0. The van der Waals surface area contributed by atoms with Crippen molar-refractivity contribution < 1.29 is 14.3 Å². The van der Waals surface area contributed by atoms with E-state index in [-0.39, 0.29) is 11.1 Å². The van der Waals surface area contributed by atoms with Gasteiger partial charge < -0.3 is 14.4 Å². The fraction of sp³-hybridized carbons (Fsp3) is 0.556. The highest BCUT2D eigenvalue weighted by Gasteiger charge is 2.69. The third kappa shape index (κ3) is 2.70. The molecule has 0 amide bonds. The van der Waals surface area contributed by atoms with Crippen molar-refractivity contribution in [1.82, 2.24) is 5.06 Å². The molecule has 2 heterocycles. The molecule has 0 radical (unpaired) electrons. The van der Waals surface area contributed by atoms with Gasteiger partial charge in [0, 0.05) is 18.7 Å². The Morgan fingerprint density at radius 1 is 1.00 bits per heavy atom. The number of hydroxylamine groups is 2. The van der Waals surface area contributed by atoms with E-state index in [1.165, 1.54) is 30.5 Å². The molecule has 2 aliphatic heterocycles. The van der Waals surface area contributed by atoms with Crippen molar-refractivity contribution in [3.8, 4) is 11.5 Å². The predicted octanol–water partition coefficient (Wildman–Crippen LogP) is 5.21. The molecule has 5 fully saturated rings. The molecule has 0 N–H and O–H groups in total. The standard InChI is InChI=1S/C27H34N2O3/c1-25(2)19-12-13-27(24(25)15-19)16-26(20-6-5-7-23(14-20)31-4)17-28(18-29(26)32-27)21-8-10-22(30-3)11-9-21/h5-11,14,19,24H,12-13,15-18H2,1-4H3/t19-,24+,26-,27+/m0/s1. The number of anilines is 1. The fourth-order valence-electron chi connectivity index (χ4n) is 7.27. The third-order valence-corrected chi connectivity index (χ3v) is 9.18. The third-order valence-electron chi connectivity index (χ3n) is 9.18. The van der Waals surface area contributed by atoms with E-state index in [2.05, 4.69) is 54.1 Å². The van der Waals surface area contributed by atoms with Gasteiger partial charge in [-0.25, -0.2) is 0 Å². The summed E-state index contributed by atoms with van der Waals surface area (Å²) in [6.45, 7) is 6.59. The minimum absolute atomic E-state index is 0.0483. The first kappa shape index (κ1) is 20.4. The van der Waals surface area contributed by atoms with Crippen LogP contribution in [0.2, 0.25) is 0 Å². The number of nitrogens with zero attached hydrogens (tertiary/aromatic N) is 2. The summed E-state index contributed by atoms with van der Waals surface area (Å²) in [4.78, 5) is 9.49. The lowest BCUT2D eigenvalue weighted by molar-refractivity contribution is -0.285. The second-order valence-corrected chi connectivity index (χ2v) is 10.9. The number of ether oxygens (including phenoxy) is 2. The van der Waals surface area contributed by atoms with Gasteiger partial charge in [-0.05, 0) is 78.5 Å². The largest absolute Gasteiger partial charge is 0.497 e. The van der Waals surface area contributed by atoms with E-state index in [0.717, 1.165) is 37.1 Å². The average molecular weight is 435 g/mol. The van der Waals surface area contributed by atoms with E-state index in [0.29, 0.717) is 11.3 Å². The van der Waals surface area contributed by atoms with E-state index >= 15 is 0 Å². The summed E-state index contributed by atoms with van der Waals surface area (Å²) >= 11 is 0. The number of hydrogen-bond acceptors (Lipinski definition) is 5. The van der Waals surface area contributed by atoms with Gasteiger partial charge in [0.25, 0.3) is 0 Å². The molecular formula is C27H34N2O3. The number of benzene rings is 2. The molecule has 2 saturated heterocycles. The SMILES string of the molecule is COc1ccc(N2CN3O[C@]4(CC[C@H]5C[C@@H]4C5(C)C)C[C@@]3(c3cccc(OC)c3)C2)cc1. The summed E-state index contributed by atoms with van der Waals surface area (Å²) in [5.41, 5.74) is 2.65. The van der Waals surface area contributed by atoms with E-state index in [1.54, 1.807) is 14.2 Å². The van der Waals surface area contributed by atoms with Gasteiger partial charge in [0.15, 0.2) is 0 Å². The van der Waals surface area contributed by atoms with Gasteiger partial charge in [0.1, 0.15) is 11.5 Å². The zero-order chi connectivity index (χ0) is 22.1. The average Bonchev–Trinajstić information content (AvgIpc) is 3.31. The van der Waals surface area contributed by atoms with E-state index in [4.69, 9.17) is 14.3 Å². The highest BCUT2D eigenvalue weighted by atomic mass is 16.7. The molecule has 5 nitrogen and oxygen atoms in total. The Labute approximate surface area is 191 Å². The first-order valence-electron chi connectivity index (χ1n) is 11.9. The highest BCUT2D eigenvalue weighted by Crippen LogP contribution is 2.69. The molecule has 4 atom stereocenters. The van der Waals surface area contributed by atoms with Crippen LogP contribution >= 0.6 is 0 Å². The molecule has 2 aromatic rings. The molecular weight excluding hydrogens is 400 g/mol. The first-order valence-corrected chi connectivity index (χ1v) is 11.9. The number of methoxy groups -OCH3 is 2. The summed E-state index contributed by atoms with van der Waals surface area (Å²) in [6.07, 6.45) is 4.82. The summed E-state index contributed by atoms with van der Waals surface area (Å²) < 4.78 is 11.0. The number of fused-ring (bicyclic) bond motifs is 2. The number of rotatable bonds is 4. The topological polar surface area (TPSA) is 34.2 Å². The van der Waals surface area contributed by atoms with E-state index < -0.39 is 0 Å². The Kier molecular flexibility index (Phi) is 4.38. The van der Waals surface area contributed by atoms with Crippen molar-refractivity contribution in [2.45, 2.75) is 50.7 Å². The van der Waals surface area contributed by atoms with Crippen LogP contribution in [0.15, 0.2) is 48.5 Å². The van der Waals surface area contributed by atoms with Gasteiger partial charge >= 0.3 is 0 Å². The fourth-order valence-corrected chi connectivity index (χ4v) is 7.27. The van der Waals surface area contributed by atoms with Crippen molar-refractivity contribution in [2.75, 3.05) is 32.3 Å². The van der Waals surface area contributed by atoms with Crippen LogP contribution < -0.4 is 14.4 Å². The zero-order valence-electron chi connectivity index (χ0n) is 19.6. The summed E-state index contributed by atoms with van der Waals surface area (Å²) in [7, 11) is 3.46. The molecule has 3 aliphatic carbocycles. The smallest absolute Gasteiger partial charge is 0.119 e. The Morgan fingerprint density at radius 3 is 2.47 bits per heavy atom. The molecule has 5 aliphatic rings. The second-order valence-electron chi connectivity index (χ2n) is 10.9. The lowest BCUT2D eigenvalue weighted by atomic mass is 9.43. The zero-order valence-corrected chi connectivity index (χ0v) is 19.6. The maximum atomic E-state index is 7.05. The Hall–Kier alpha value is -2.24. The molecule has 3 saturated carbocycles. The first-order chi connectivity index (χ1) is 15.4. The van der Waals surface area contributed by atoms with Crippen LogP contribution in [-0.2, 0) is 10.4 Å². The van der Waals surface area contributed by atoms with Gasteiger partial charge in [0.2, 0.25) is 0 Å². The minimum atomic E-state index is -0.174. The summed E-state index contributed by atoms with van der Waals surface area (Å²) in [5.74, 6) is 3.29. The normalized spacial score (nSPS) is 34.9. The van der Waals surface area contributed by atoms with Crippen LogP contribution in [0.25, 0.3) is 0 Å². The maximum absolute atomic E-state index is 7.05. The van der Waals surface area contributed by atoms with E-state index in [1.807, 2.05) is 18.2 Å². The van der Waals surface area contributed by atoms with Crippen LogP contribution in [0.5, 0.6) is 11.5 Å².